The molecule has 2 aromatic carbocycles. The van der Waals surface area contributed by atoms with Crippen molar-refractivity contribution in [3.05, 3.63) is 76.2 Å². The van der Waals surface area contributed by atoms with E-state index in [4.69, 9.17) is 11.6 Å². The predicted molar refractivity (Wildman–Crippen MR) is 95.1 cm³/mol. The second-order valence-electron chi connectivity index (χ2n) is 6.26. The predicted octanol–water partition coefficient (Wildman–Crippen LogP) is 6.13. The van der Waals surface area contributed by atoms with Crippen LogP contribution in [0.2, 0.25) is 5.02 Å². The van der Waals surface area contributed by atoms with Crippen LogP contribution in [-0.2, 0) is 0 Å². The number of hydrogen-bond donors (Lipinski definition) is 0. The van der Waals surface area contributed by atoms with Gasteiger partial charge in [-0.2, -0.15) is 0 Å². The average molecular weight is 326 g/mol. The molecule has 0 radical (unpaired) electrons. The summed E-state index contributed by atoms with van der Waals surface area (Å²) in [4.78, 5) is 1.91. The Hall–Kier alpha value is -2.06. The Morgan fingerprint density at radius 1 is 1.26 bits per heavy atom. The highest BCUT2D eigenvalue weighted by Crippen LogP contribution is 2.43. The highest BCUT2D eigenvalue weighted by Gasteiger charge is 2.28. The van der Waals surface area contributed by atoms with Gasteiger partial charge in [0.25, 0.3) is 0 Å². The molecule has 0 bridgehead atoms. The molecule has 0 N–H and O–H groups in total. The summed E-state index contributed by atoms with van der Waals surface area (Å²) >= 11 is 6.22. The lowest BCUT2D eigenvalue weighted by molar-refractivity contribution is 0.620. The van der Waals surface area contributed by atoms with Gasteiger partial charge in [0.05, 0.1) is 0 Å². The van der Waals surface area contributed by atoms with Crippen molar-refractivity contribution in [1.82, 2.24) is 0 Å². The van der Waals surface area contributed by atoms with Crippen molar-refractivity contribution < 1.29 is 4.39 Å². The molecule has 1 saturated carbocycles. The van der Waals surface area contributed by atoms with Gasteiger partial charge in [-0.25, -0.2) is 4.39 Å². The number of benzene rings is 2. The summed E-state index contributed by atoms with van der Waals surface area (Å²) in [5.74, 6) is 0.341. The lowest BCUT2D eigenvalue weighted by Gasteiger charge is -2.30. The highest BCUT2D eigenvalue weighted by atomic mass is 35.5. The fourth-order valence-corrected chi connectivity index (χ4v) is 3.36. The van der Waals surface area contributed by atoms with E-state index >= 15 is 0 Å². The van der Waals surface area contributed by atoms with E-state index in [0.29, 0.717) is 22.2 Å². The lowest BCUT2D eigenvalue weighted by atomic mass is 9.95. The first-order valence-electron chi connectivity index (χ1n) is 7.81. The van der Waals surface area contributed by atoms with Gasteiger partial charge in [-0.15, -0.1) is 0 Å². The summed E-state index contributed by atoms with van der Waals surface area (Å²) < 4.78 is 14.7. The van der Waals surface area contributed by atoms with Gasteiger partial charge < -0.3 is 4.90 Å². The van der Waals surface area contributed by atoms with Crippen LogP contribution < -0.4 is 4.90 Å². The molecule has 1 aliphatic heterocycles. The van der Waals surface area contributed by atoms with Gasteiger partial charge in [0.1, 0.15) is 5.82 Å². The molecule has 116 valence electrons. The van der Waals surface area contributed by atoms with E-state index in [9.17, 15) is 4.39 Å². The summed E-state index contributed by atoms with van der Waals surface area (Å²) in [6.45, 7) is 6.09. The smallest absolute Gasteiger partial charge is 0.133 e. The van der Waals surface area contributed by atoms with Crippen molar-refractivity contribution in [3.8, 4) is 0 Å². The molecule has 0 spiro atoms. The normalized spacial score (nSPS) is 16.7. The van der Waals surface area contributed by atoms with E-state index in [1.807, 2.05) is 42.3 Å². The summed E-state index contributed by atoms with van der Waals surface area (Å²) in [5, 5.41) is 0.694. The number of hydrogen-bond acceptors (Lipinski definition) is 1. The molecule has 2 aliphatic rings. The Morgan fingerprint density at radius 3 is 2.78 bits per heavy atom. The maximum Gasteiger partial charge on any atom is 0.133 e. The van der Waals surface area contributed by atoms with Crippen LogP contribution in [0.1, 0.15) is 41.0 Å². The minimum atomic E-state index is -0.191. The van der Waals surface area contributed by atoms with Crippen LogP contribution >= 0.6 is 11.6 Å². The molecule has 3 heteroatoms. The Balaban J connectivity index is 1.80. The van der Waals surface area contributed by atoms with Gasteiger partial charge in [0.2, 0.25) is 0 Å². The maximum absolute atomic E-state index is 14.7. The van der Waals surface area contributed by atoms with E-state index in [1.54, 1.807) is 6.07 Å². The van der Waals surface area contributed by atoms with Crippen LogP contribution in [0.3, 0.4) is 0 Å². The van der Waals surface area contributed by atoms with Gasteiger partial charge in [-0.3, -0.25) is 0 Å². The zero-order valence-electron chi connectivity index (χ0n) is 12.9. The van der Waals surface area contributed by atoms with Crippen LogP contribution in [-0.4, -0.2) is 0 Å². The van der Waals surface area contributed by atoms with Gasteiger partial charge in [-0.05, 0) is 66.6 Å². The standard InChI is InChI=1S/C20H17ClFN/c1-12-17(21)4-3-5-19(12)23-9-8-15-10-16(14-6-7-14)11-18(22)20(15)13(23)2/h3-5,8-11,14H,2,6-7H2,1H3. The molecule has 1 aliphatic carbocycles. The van der Waals surface area contributed by atoms with Crippen molar-refractivity contribution in [2.75, 3.05) is 4.90 Å². The molecule has 1 nitrogen and oxygen atoms in total. The third-order valence-electron chi connectivity index (χ3n) is 4.67. The van der Waals surface area contributed by atoms with E-state index in [-0.39, 0.29) is 5.82 Å². The van der Waals surface area contributed by atoms with Crippen molar-refractivity contribution in [2.24, 2.45) is 0 Å². The van der Waals surface area contributed by atoms with E-state index in [0.717, 1.165) is 35.2 Å². The van der Waals surface area contributed by atoms with Crippen LogP contribution in [0.4, 0.5) is 10.1 Å². The first kappa shape index (κ1) is 14.5. The van der Waals surface area contributed by atoms with Gasteiger partial charge >= 0.3 is 0 Å². The molecular weight excluding hydrogens is 309 g/mol. The summed E-state index contributed by atoms with van der Waals surface area (Å²) in [7, 11) is 0. The average Bonchev–Trinajstić information content (AvgIpc) is 3.35. The van der Waals surface area contributed by atoms with Gasteiger partial charge in [0, 0.05) is 28.2 Å². The minimum absolute atomic E-state index is 0.191. The Bertz CT molecular complexity index is 849. The van der Waals surface area contributed by atoms with Crippen molar-refractivity contribution in [3.63, 3.8) is 0 Å². The quantitative estimate of drug-likeness (QED) is 0.642. The fourth-order valence-electron chi connectivity index (χ4n) is 3.19. The number of nitrogens with zero attached hydrogens (tertiary/aromatic N) is 1. The highest BCUT2D eigenvalue weighted by molar-refractivity contribution is 6.31. The maximum atomic E-state index is 14.7. The first-order valence-corrected chi connectivity index (χ1v) is 8.19. The summed E-state index contributed by atoms with van der Waals surface area (Å²) in [6.07, 6.45) is 6.23. The Kier molecular flexibility index (Phi) is 3.31. The summed E-state index contributed by atoms with van der Waals surface area (Å²) in [5.41, 5.74) is 5.12. The van der Waals surface area contributed by atoms with E-state index in [1.165, 1.54) is 0 Å². The zero-order valence-corrected chi connectivity index (χ0v) is 13.7. The topological polar surface area (TPSA) is 3.24 Å². The number of rotatable bonds is 2. The lowest BCUT2D eigenvalue weighted by Crippen LogP contribution is -2.19. The van der Waals surface area contributed by atoms with Crippen molar-refractivity contribution >= 4 is 29.1 Å². The molecule has 0 amide bonds. The molecule has 0 aromatic heterocycles. The van der Waals surface area contributed by atoms with Gasteiger partial charge in [-0.1, -0.05) is 30.3 Å². The molecule has 2 aromatic rings. The molecular formula is C20H17ClFN. The molecule has 0 unspecified atom stereocenters. The third kappa shape index (κ3) is 2.38. The second-order valence-corrected chi connectivity index (χ2v) is 6.66. The molecule has 1 fully saturated rings. The van der Waals surface area contributed by atoms with Gasteiger partial charge in [0.15, 0.2) is 0 Å². The molecule has 0 atom stereocenters. The SMILES string of the molecule is C=C1c2c(F)cc(C3CC3)cc2C=CN1c1cccc(Cl)c1C. The summed E-state index contributed by atoms with van der Waals surface area (Å²) in [6, 6.07) is 9.49. The number of fused-ring (bicyclic) bond motifs is 1. The number of anilines is 1. The fraction of sp³-hybridized carbons (Fsp3) is 0.200. The van der Waals surface area contributed by atoms with Crippen LogP contribution in [0.25, 0.3) is 11.8 Å². The Labute approximate surface area is 140 Å². The first-order chi connectivity index (χ1) is 11.1. The monoisotopic (exact) mass is 325 g/mol. The zero-order chi connectivity index (χ0) is 16.1. The van der Waals surface area contributed by atoms with Crippen molar-refractivity contribution in [2.45, 2.75) is 25.7 Å². The minimum Gasteiger partial charge on any atom is -0.317 e. The van der Waals surface area contributed by atoms with E-state index < -0.39 is 0 Å². The molecule has 4 rings (SSSR count). The second kappa shape index (κ2) is 5.24. The third-order valence-corrected chi connectivity index (χ3v) is 5.08. The molecule has 0 saturated heterocycles. The molecule has 23 heavy (non-hydrogen) atoms. The van der Waals surface area contributed by atoms with Crippen LogP contribution in [0.5, 0.6) is 0 Å². The van der Waals surface area contributed by atoms with Crippen LogP contribution in [0, 0.1) is 12.7 Å². The molecule has 1 heterocycles. The largest absolute Gasteiger partial charge is 0.317 e. The van der Waals surface area contributed by atoms with E-state index in [2.05, 4.69) is 12.6 Å². The number of halogens is 2. The van der Waals surface area contributed by atoms with Crippen molar-refractivity contribution in [1.29, 1.82) is 0 Å². The Morgan fingerprint density at radius 2 is 2.04 bits per heavy atom. The van der Waals surface area contributed by atoms with Crippen LogP contribution in [0.15, 0.2) is 43.1 Å².